The Morgan fingerprint density at radius 1 is 0.800 bits per heavy atom. The van der Waals surface area contributed by atoms with Crippen molar-refractivity contribution in [3.8, 4) is 5.75 Å². The molecular weight excluding hydrogens is 378 g/mol. The first kappa shape index (κ1) is 19.9. The fourth-order valence-electron chi connectivity index (χ4n) is 3.51. The Kier molecular flexibility index (Phi) is 6.54. The lowest BCUT2D eigenvalue weighted by Gasteiger charge is -2.14. The summed E-state index contributed by atoms with van der Waals surface area (Å²) in [7, 11) is 0. The van der Waals surface area contributed by atoms with E-state index in [0.717, 1.165) is 30.4 Å². The van der Waals surface area contributed by atoms with Gasteiger partial charge in [-0.15, -0.1) is 0 Å². The van der Waals surface area contributed by atoms with Crippen molar-refractivity contribution in [1.82, 2.24) is 19.9 Å². The predicted octanol–water partition coefficient (Wildman–Crippen LogP) is 3.59. The molecule has 0 aliphatic heterocycles. The molecule has 0 amide bonds. The number of aromatic nitrogens is 4. The van der Waals surface area contributed by atoms with Crippen LogP contribution in [0.4, 0.5) is 17.8 Å². The molecule has 3 aromatic rings. The van der Waals surface area contributed by atoms with Crippen LogP contribution in [-0.2, 0) is 13.0 Å². The number of nitrogens with zero attached hydrogens (tertiary/aromatic N) is 4. The molecule has 30 heavy (non-hydrogen) atoms. The molecule has 4 rings (SSSR count). The number of phenolic OH excluding ortho intramolecular Hbond substituents is 1. The number of phenols is 1. The molecular formula is C22H27N7O. The minimum Gasteiger partial charge on any atom is -0.508 e. The zero-order chi connectivity index (χ0) is 20.6. The normalized spacial score (nSPS) is 13.9. The molecule has 1 aliphatic rings. The van der Waals surface area contributed by atoms with Crippen molar-refractivity contribution in [3.05, 3.63) is 59.9 Å². The third kappa shape index (κ3) is 5.79. The van der Waals surface area contributed by atoms with E-state index in [1.165, 1.54) is 12.8 Å². The Hall–Kier alpha value is -3.42. The average Bonchev–Trinajstić information content (AvgIpc) is 3.27. The van der Waals surface area contributed by atoms with Crippen LogP contribution in [0.5, 0.6) is 5.75 Å². The highest BCUT2D eigenvalue weighted by Crippen LogP contribution is 2.21. The van der Waals surface area contributed by atoms with Gasteiger partial charge in [0.05, 0.1) is 0 Å². The van der Waals surface area contributed by atoms with Crippen LogP contribution in [0.2, 0.25) is 0 Å². The molecule has 4 N–H and O–H groups in total. The molecule has 0 atom stereocenters. The summed E-state index contributed by atoms with van der Waals surface area (Å²) < 4.78 is 0. The first-order chi connectivity index (χ1) is 14.7. The topological polar surface area (TPSA) is 108 Å². The molecule has 156 valence electrons. The van der Waals surface area contributed by atoms with E-state index in [4.69, 9.17) is 0 Å². The predicted molar refractivity (Wildman–Crippen MR) is 118 cm³/mol. The second-order valence-corrected chi connectivity index (χ2v) is 7.48. The minimum atomic E-state index is 0.275. The monoisotopic (exact) mass is 405 g/mol. The van der Waals surface area contributed by atoms with Crippen LogP contribution in [0.15, 0.2) is 48.8 Å². The Labute approximate surface area is 176 Å². The molecule has 0 bridgehead atoms. The Morgan fingerprint density at radius 3 is 2.20 bits per heavy atom. The van der Waals surface area contributed by atoms with Gasteiger partial charge in [0.25, 0.3) is 0 Å². The summed E-state index contributed by atoms with van der Waals surface area (Å²) in [5.74, 6) is 1.95. The number of benzene rings is 1. The highest BCUT2D eigenvalue weighted by molar-refractivity contribution is 5.43. The number of aromatic hydroxyl groups is 1. The fraction of sp³-hybridized carbons (Fsp3) is 0.364. The van der Waals surface area contributed by atoms with Gasteiger partial charge in [0.1, 0.15) is 5.75 Å². The number of nitrogens with one attached hydrogen (secondary N) is 3. The maximum absolute atomic E-state index is 9.41. The van der Waals surface area contributed by atoms with Crippen LogP contribution in [0.25, 0.3) is 0 Å². The Balaban J connectivity index is 1.42. The average molecular weight is 406 g/mol. The van der Waals surface area contributed by atoms with Crippen molar-refractivity contribution in [1.29, 1.82) is 0 Å². The molecule has 8 nitrogen and oxygen atoms in total. The minimum absolute atomic E-state index is 0.275. The summed E-state index contributed by atoms with van der Waals surface area (Å²) in [5, 5.41) is 19.4. The SMILES string of the molecule is Oc1ccc(CCNc2nc(NCc3ccncc3)nc(NC3CCCC3)n2)cc1. The summed E-state index contributed by atoms with van der Waals surface area (Å²) in [6.45, 7) is 1.30. The standard InChI is InChI=1S/C22H27N7O/c30-19-7-5-16(6-8-19)11-14-24-20-27-21(25-15-17-9-12-23-13-10-17)29-22(28-20)26-18-3-1-2-4-18/h5-10,12-13,18,30H,1-4,11,14-15H2,(H3,24,25,26,27,28,29). The molecule has 1 saturated carbocycles. The number of pyridine rings is 1. The van der Waals surface area contributed by atoms with E-state index in [-0.39, 0.29) is 5.75 Å². The van der Waals surface area contributed by atoms with Crippen molar-refractivity contribution < 1.29 is 5.11 Å². The van der Waals surface area contributed by atoms with Crippen LogP contribution in [0.1, 0.15) is 36.8 Å². The molecule has 1 fully saturated rings. The van der Waals surface area contributed by atoms with Crippen molar-refractivity contribution in [3.63, 3.8) is 0 Å². The van der Waals surface area contributed by atoms with E-state index in [9.17, 15) is 5.11 Å². The van der Waals surface area contributed by atoms with Gasteiger partial charge in [-0.2, -0.15) is 15.0 Å². The van der Waals surface area contributed by atoms with Crippen LogP contribution < -0.4 is 16.0 Å². The van der Waals surface area contributed by atoms with Crippen LogP contribution in [0.3, 0.4) is 0 Å². The second-order valence-electron chi connectivity index (χ2n) is 7.48. The largest absolute Gasteiger partial charge is 0.508 e. The quantitative estimate of drug-likeness (QED) is 0.428. The lowest BCUT2D eigenvalue weighted by molar-refractivity contribution is 0.475. The third-order valence-electron chi connectivity index (χ3n) is 5.16. The summed E-state index contributed by atoms with van der Waals surface area (Å²) in [6, 6.07) is 11.6. The van der Waals surface area contributed by atoms with E-state index >= 15 is 0 Å². The first-order valence-electron chi connectivity index (χ1n) is 10.4. The molecule has 2 aromatic heterocycles. The molecule has 1 aliphatic carbocycles. The molecule has 0 spiro atoms. The summed E-state index contributed by atoms with van der Waals surface area (Å²) in [4.78, 5) is 17.7. The fourth-order valence-corrected chi connectivity index (χ4v) is 3.51. The molecule has 8 heteroatoms. The van der Waals surface area contributed by atoms with Gasteiger partial charge in [-0.3, -0.25) is 4.98 Å². The number of hydrogen-bond donors (Lipinski definition) is 4. The van der Waals surface area contributed by atoms with Gasteiger partial charge in [0.15, 0.2) is 0 Å². The lowest BCUT2D eigenvalue weighted by atomic mass is 10.1. The number of hydrogen-bond acceptors (Lipinski definition) is 8. The third-order valence-corrected chi connectivity index (χ3v) is 5.16. The Bertz CT molecular complexity index is 928. The van der Waals surface area contributed by atoms with Crippen LogP contribution >= 0.6 is 0 Å². The Morgan fingerprint density at radius 2 is 1.47 bits per heavy atom. The van der Waals surface area contributed by atoms with E-state index < -0.39 is 0 Å². The molecule has 2 heterocycles. The maximum Gasteiger partial charge on any atom is 0.229 e. The van der Waals surface area contributed by atoms with Crippen molar-refractivity contribution >= 4 is 17.8 Å². The second kappa shape index (κ2) is 9.87. The van der Waals surface area contributed by atoms with Gasteiger partial charge < -0.3 is 21.1 Å². The highest BCUT2D eigenvalue weighted by Gasteiger charge is 2.17. The van der Waals surface area contributed by atoms with Gasteiger partial charge in [0, 0.05) is 31.5 Å². The zero-order valence-corrected chi connectivity index (χ0v) is 16.9. The van der Waals surface area contributed by atoms with E-state index in [1.54, 1.807) is 24.5 Å². The van der Waals surface area contributed by atoms with E-state index in [1.807, 2.05) is 24.3 Å². The lowest BCUT2D eigenvalue weighted by Crippen LogP contribution is -2.19. The molecule has 0 radical (unpaired) electrons. The molecule has 1 aromatic carbocycles. The van der Waals surface area contributed by atoms with Gasteiger partial charge in [-0.25, -0.2) is 0 Å². The van der Waals surface area contributed by atoms with Crippen molar-refractivity contribution in [2.45, 2.75) is 44.7 Å². The number of rotatable bonds is 9. The van der Waals surface area contributed by atoms with Crippen molar-refractivity contribution in [2.24, 2.45) is 0 Å². The smallest absolute Gasteiger partial charge is 0.229 e. The summed E-state index contributed by atoms with van der Waals surface area (Å²) >= 11 is 0. The van der Waals surface area contributed by atoms with Gasteiger partial charge in [0.2, 0.25) is 17.8 Å². The highest BCUT2D eigenvalue weighted by atomic mass is 16.3. The maximum atomic E-state index is 9.41. The van der Waals surface area contributed by atoms with Crippen LogP contribution in [-0.4, -0.2) is 37.6 Å². The number of anilines is 3. The van der Waals surface area contributed by atoms with Crippen molar-refractivity contribution in [2.75, 3.05) is 22.5 Å². The van der Waals surface area contributed by atoms with Gasteiger partial charge in [-0.05, 0) is 54.7 Å². The van der Waals surface area contributed by atoms with Crippen LogP contribution in [0, 0.1) is 0 Å². The summed E-state index contributed by atoms with van der Waals surface area (Å²) in [6.07, 6.45) is 9.13. The van der Waals surface area contributed by atoms with Gasteiger partial charge >= 0.3 is 0 Å². The van der Waals surface area contributed by atoms with E-state index in [2.05, 4.69) is 35.9 Å². The summed E-state index contributed by atoms with van der Waals surface area (Å²) in [5.41, 5.74) is 2.24. The molecule has 0 saturated heterocycles. The van der Waals surface area contributed by atoms with E-state index in [0.29, 0.717) is 37.0 Å². The zero-order valence-electron chi connectivity index (χ0n) is 16.9. The first-order valence-corrected chi connectivity index (χ1v) is 10.4. The van der Waals surface area contributed by atoms with Gasteiger partial charge in [-0.1, -0.05) is 25.0 Å². The molecule has 0 unspecified atom stereocenters.